The van der Waals surface area contributed by atoms with Crippen LogP contribution in [0.5, 0.6) is 0 Å². The van der Waals surface area contributed by atoms with Crippen molar-refractivity contribution in [1.82, 2.24) is 30.4 Å². The smallest absolute Gasteiger partial charge is 0.264 e. The Hall–Kier alpha value is -3.34. The van der Waals surface area contributed by atoms with E-state index >= 15 is 0 Å². The molecule has 2 aromatic heterocycles. The van der Waals surface area contributed by atoms with E-state index in [1.165, 1.54) is 35.0 Å². The van der Waals surface area contributed by atoms with Gasteiger partial charge in [0.25, 0.3) is 11.8 Å². The van der Waals surface area contributed by atoms with Gasteiger partial charge in [0.1, 0.15) is 18.4 Å². The van der Waals surface area contributed by atoms with E-state index in [9.17, 15) is 19.2 Å². The number of rotatable bonds is 4. The lowest BCUT2D eigenvalue weighted by atomic mass is 10.0. The predicted octanol–water partition coefficient (Wildman–Crippen LogP) is -0.100. The molecule has 0 radical (unpaired) electrons. The Bertz CT molecular complexity index is 967. The third-order valence-electron chi connectivity index (χ3n) is 5.37. The molecule has 2 N–H and O–H groups in total. The largest absolute Gasteiger partial charge is 0.354 e. The minimum atomic E-state index is -0.930. The van der Waals surface area contributed by atoms with Crippen molar-refractivity contribution in [2.24, 2.45) is 0 Å². The average molecular weight is 443 g/mol. The first-order valence-electron chi connectivity index (χ1n) is 10.0. The number of hydrogen-bond donors (Lipinski definition) is 2. The van der Waals surface area contributed by atoms with E-state index in [2.05, 4.69) is 20.6 Å². The highest BCUT2D eigenvalue weighted by Crippen LogP contribution is 2.19. The Balaban J connectivity index is 1.55. The van der Waals surface area contributed by atoms with Crippen LogP contribution in [0.3, 0.4) is 0 Å². The second kappa shape index (κ2) is 9.21. The molecule has 4 rings (SSSR count). The van der Waals surface area contributed by atoms with Crippen LogP contribution in [0.2, 0.25) is 0 Å². The van der Waals surface area contributed by atoms with Gasteiger partial charge < -0.3 is 20.4 Å². The molecular weight excluding hydrogens is 420 g/mol. The molecule has 4 heterocycles. The molecule has 0 aliphatic carbocycles. The number of piperidine rings is 1. The monoisotopic (exact) mass is 442 g/mol. The molecule has 0 spiro atoms. The van der Waals surface area contributed by atoms with E-state index in [0.29, 0.717) is 24.4 Å². The van der Waals surface area contributed by atoms with E-state index in [0.717, 1.165) is 6.42 Å². The fourth-order valence-electron chi connectivity index (χ4n) is 3.74. The number of piperazine rings is 1. The maximum atomic E-state index is 13.2. The summed E-state index contributed by atoms with van der Waals surface area (Å²) >= 11 is 1.33. The van der Waals surface area contributed by atoms with Crippen LogP contribution < -0.4 is 10.6 Å². The standard InChI is InChI=1S/C20H22N6O4S/c27-17-14(3-1-5-23-17)24-18(28)15-11-25(20(30)16-4-2-8-31-16)6-7-26(15)19(29)13-9-21-12-22-10-13/h2,4,8-10,12,14-15H,1,3,5-7,11H2,(H,23,27)(H,24,28)/t14-,15+/m0/s1. The number of carbonyl (C=O) groups excluding carboxylic acids is 4. The van der Waals surface area contributed by atoms with Gasteiger partial charge in [0, 0.05) is 32.0 Å². The first kappa shape index (κ1) is 20.9. The second-order valence-corrected chi connectivity index (χ2v) is 8.31. The minimum Gasteiger partial charge on any atom is -0.354 e. The van der Waals surface area contributed by atoms with Crippen molar-refractivity contribution in [2.45, 2.75) is 24.9 Å². The van der Waals surface area contributed by atoms with Crippen LogP contribution in [0.4, 0.5) is 0 Å². The number of amides is 4. The Morgan fingerprint density at radius 3 is 2.68 bits per heavy atom. The maximum absolute atomic E-state index is 13.2. The fraction of sp³-hybridized carbons (Fsp3) is 0.400. The van der Waals surface area contributed by atoms with Gasteiger partial charge in [-0.2, -0.15) is 0 Å². The SMILES string of the molecule is O=C1NCCC[C@@H]1NC(=O)[C@H]1CN(C(=O)c2cccs2)CCN1C(=O)c1cncnc1. The van der Waals surface area contributed by atoms with Crippen LogP contribution in [-0.4, -0.2) is 81.7 Å². The molecule has 2 atom stereocenters. The molecule has 0 unspecified atom stereocenters. The number of thiophene rings is 1. The minimum absolute atomic E-state index is 0.0380. The molecule has 31 heavy (non-hydrogen) atoms. The zero-order valence-corrected chi connectivity index (χ0v) is 17.5. The summed E-state index contributed by atoms with van der Waals surface area (Å²) in [4.78, 5) is 62.5. The van der Waals surface area contributed by atoms with Crippen LogP contribution in [0, 0.1) is 0 Å². The van der Waals surface area contributed by atoms with E-state index in [4.69, 9.17) is 0 Å². The van der Waals surface area contributed by atoms with Gasteiger partial charge in [-0.05, 0) is 24.3 Å². The Labute approximate surface area is 182 Å². The van der Waals surface area contributed by atoms with Gasteiger partial charge in [-0.25, -0.2) is 9.97 Å². The maximum Gasteiger partial charge on any atom is 0.264 e. The molecule has 10 nitrogen and oxygen atoms in total. The molecule has 2 saturated heterocycles. The summed E-state index contributed by atoms with van der Waals surface area (Å²) in [5, 5.41) is 7.30. The molecule has 162 valence electrons. The van der Waals surface area contributed by atoms with E-state index < -0.39 is 23.9 Å². The van der Waals surface area contributed by atoms with Crippen molar-refractivity contribution in [2.75, 3.05) is 26.2 Å². The molecule has 2 aliphatic heterocycles. The molecular formula is C20H22N6O4S. The summed E-state index contributed by atoms with van der Waals surface area (Å²) in [7, 11) is 0. The van der Waals surface area contributed by atoms with Crippen LogP contribution >= 0.6 is 11.3 Å². The molecule has 11 heteroatoms. The van der Waals surface area contributed by atoms with Crippen molar-refractivity contribution < 1.29 is 19.2 Å². The molecule has 2 aliphatic rings. The van der Waals surface area contributed by atoms with Gasteiger partial charge in [-0.15, -0.1) is 11.3 Å². The highest BCUT2D eigenvalue weighted by atomic mass is 32.1. The summed E-state index contributed by atoms with van der Waals surface area (Å²) in [5.74, 6) is -1.28. The first-order chi connectivity index (χ1) is 15.0. The van der Waals surface area contributed by atoms with Crippen molar-refractivity contribution in [3.63, 3.8) is 0 Å². The Kier molecular flexibility index (Phi) is 6.21. The van der Waals surface area contributed by atoms with Gasteiger partial charge in [-0.1, -0.05) is 6.07 Å². The summed E-state index contributed by atoms with van der Waals surface area (Å²) in [6.45, 7) is 1.09. The summed E-state index contributed by atoms with van der Waals surface area (Å²) < 4.78 is 0. The summed E-state index contributed by atoms with van der Waals surface area (Å²) in [6.07, 6.45) is 5.39. The van der Waals surface area contributed by atoms with Crippen molar-refractivity contribution in [1.29, 1.82) is 0 Å². The Morgan fingerprint density at radius 1 is 1.16 bits per heavy atom. The van der Waals surface area contributed by atoms with Gasteiger partial charge in [-0.3, -0.25) is 19.2 Å². The molecule has 0 aromatic carbocycles. The van der Waals surface area contributed by atoms with Gasteiger partial charge in [0.15, 0.2) is 0 Å². The van der Waals surface area contributed by atoms with Crippen molar-refractivity contribution in [3.8, 4) is 0 Å². The van der Waals surface area contributed by atoms with Crippen LogP contribution in [0.25, 0.3) is 0 Å². The second-order valence-electron chi connectivity index (χ2n) is 7.36. The highest BCUT2D eigenvalue weighted by molar-refractivity contribution is 7.12. The molecule has 2 fully saturated rings. The number of aromatic nitrogens is 2. The van der Waals surface area contributed by atoms with Gasteiger partial charge in [0.2, 0.25) is 11.8 Å². The third-order valence-corrected chi connectivity index (χ3v) is 6.23. The van der Waals surface area contributed by atoms with Gasteiger partial charge in [0.05, 0.1) is 17.0 Å². The quantitative estimate of drug-likeness (QED) is 0.681. The lowest BCUT2D eigenvalue weighted by molar-refractivity contribution is -0.133. The van der Waals surface area contributed by atoms with Crippen LogP contribution in [-0.2, 0) is 9.59 Å². The topological polar surface area (TPSA) is 125 Å². The highest BCUT2D eigenvalue weighted by Gasteiger charge is 2.39. The first-order valence-corrected chi connectivity index (χ1v) is 10.9. The predicted molar refractivity (Wildman–Crippen MR) is 111 cm³/mol. The number of hydrogen-bond acceptors (Lipinski definition) is 7. The number of nitrogens with one attached hydrogen (secondary N) is 2. The zero-order valence-electron chi connectivity index (χ0n) is 16.7. The van der Waals surface area contributed by atoms with Crippen LogP contribution in [0.15, 0.2) is 36.2 Å². The lowest BCUT2D eigenvalue weighted by Gasteiger charge is -2.41. The molecule has 4 amide bonds. The molecule has 0 bridgehead atoms. The summed E-state index contributed by atoms with van der Waals surface area (Å²) in [5.41, 5.74) is 0.258. The fourth-order valence-corrected chi connectivity index (χ4v) is 4.43. The Morgan fingerprint density at radius 2 is 1.97 bits per heavy atom. The lowest BCUT2D eigenvalue weighted by Crippen LogP contribution is -2.63. The van der Waals surface area contributed by atoms with Crippen molar-refractivity contribution >= 4 is 35.0 Å². The van der Waals surface area contributed by atoms with E-state index in [1.54, 1.807) is 17.0 Å². The number of carbonyl (C=O) groups is 4. The molecule has 2 aromatic rings. The van der Waals surface area contributed by atoms with Gasteiger partial charge >= 0.3 is 0 Å². The average Bonchev–Trinajstić information content (AvgIpc) is 3.35. The zero-order chi connectivity index (χ0) is 21.8. The van der Waals surface area contributed by atoms with Crippen LogP contribution in [0.1, 0.15) is 32.9 Å². The van der Waals surface area contributed by atoms with E-state index in [-0.39, 0.29) is 30.5 Å². The normalized spacial score (nSPS) is 21.4. The summed E-state index contributed by atoms with van der Waals surface area (Å²) in [6, 6.07) is 1.94. The van der Waals surface area contributed by atoms with E-state index in [1.807, 2.05) is 5.38 Å². The van der Waals surface area contributed by atoms with Crippen molar-refractivity contribution in [3.05, 3.63) is 46.7 Å². The third kappa shape index (κ3) is 4.55. The number of nitrogens with zero attached hydrogens (tertiary/aromatic N) is 4. The molecule has 0 saturated carbocycles.